The number of hydrogen-bond acceptors (Lipinski definition) is 4. The number of nitrogens with one attached hydrogen (secondary N) is 1. The van der Waals surface area contributed by atoms with Crippen molar-refractivity contribution < 1.29 is 0 Å². The minimum Gasteiger partial charge on any atom is -0.308 e. The smallest absolute Gasteiger partial charge is 0.164 e. The first kappa shape index (κ1) is 11.3. The lowest BCUT2D eigenvalue weighted by Crippen LogP contribution is -2.06. The van der Waals surface area contributed by atoms with Gasteiger partial charge in [0.2, 0.25) is 0 Å². The molecule has 0 saturated carbocycles. The fourth-order valence-corrected chi connectivity index (χ4v) is 1.60. The molecule has 0 amide bonds. The molecule has 0 atom stereocenters. The first-order chi connectivity index (χ1) is 8.15. The van der Waals surface area contributed by atoms with E-state index in [1.807, 2.05) is 13.0 Å². The van der Waals surface area contributed by atoms with E-state index in [2.05, 4.69) is 10.1 Å². The van der Waals surface area contributed by atoms with Crippen LogP contribution < -0.4 is 0 Å². The van der Waals surface area contributed by atoms with Crippen LogP contribution in [0.1, 0.15) is 17.0 Å². The second kappa shape index (κ2) is 4.36. The molecular weight excluding hydrogens is 238 g/mol. The van der Waals surface area contributed by atoms with E-state index in [-0.39, 0.29) is 0 Å². The first-order valence-electron chi connectivity index (χ1n) is 4.80. The number of pyridine rings is 1. The van der Waals surface area contributed by atoms with Gasteiger partial charge in [0, 0.05) is 17.5 Å². The van der Waals surface area contributed by atoms with Crippen LogP contribution in [-0.4, -0.2) is 21.0 Å². The molecule has 0 bridgehead atoms. The van der Waals surface area contributed by atoms with Gasteiger partial charge in [-0.3, -0.25) is 0 Å². The topological polar surface area (TPSA) is 78.3 Å². The highest BCUT2D eigenvalue weighted by atomic mass is 35.5. The van der Waals surface area contributed by atoms with Crippen LogP contribution in [0.5, 0.6) is 0 Å². The minimum atomic E-state index is 0.306. The van der Waals surface area contributed by atoms with Crippen LogP contribution in [-0.2, 0) is 0 Å². The molecule has 2 aromatic rings. The molecule has 0 saturated heterocycles. The van der Waals surface area contributed by atoms with Gasteiger partial charge in [0.15, 0.2) is 11.5 Å². The second-order valence-corrected chi connectivity index (χ2v) is 3.77. The molecule has 0 radical (unpaired) electrons. The third kappa shape index (κ3) is 2.03. The molecule has 5 nitrogen and oxygen atoms in total. The SMILES string of the molecule is Cc1cc(C#N)nn1-c1nc(Cl)ccc1C=N. The quantitative estimate of drug-likeness (QED) is 0.650. The Balaban J connectivity index is 2.67. The maximum Gasteiger partial charge on any atom is 0.164 e. The van der Waals surface area contributed by atoms with Gasteiger partial charge in [0.1, 0.15) is 11.2 Å². The molecule has 17 heavy (non-hydrogen) atoms. The van der Waals surface area contributed by atoms with Crippen molar-refractivity contribution in [3.63, 3.8) is 0 Å². The van der Waals surface area contributed by atoms with Crippen LogP contribution in [0.15, 0.2) is 18.2 Å². The molecule has 0 aromatic carbocycles. The van der Waals surface area contributed by atoms with Crippen molar-refractivity contribution in [3.8, 4) is 11.9 Å². The summed E-state index contributed by atoms with van der Waals surface area (Å²) in [6, 6.07) is 6.90. The monoisotopic (exact) mass is 245 g/mol. The highest BCUT2D eigenvalue weighted by Gasteiger charge is 2.11. The van der Waals surface area contributed by atoms with Crippen LogP contribution in [0.4, 0.5) is 0 Å². The molecular formula is C11H8ClN5. The van der Waals surface area contributed by atoms with Crippen molar-refractivity contribution in [2.45, 2.75) is 6.92 Å². The molecule has 6 heteroatoms. The number of aromatic nitrogens is 3. The zero-order chi connectivity index (χ0) is 12.4. The second-order valence-electron chi connectivity index (χ2n) is 3.39. The summed E-state index contributed by atoms with van der Waals surface area (Å²) in [6.45, 7) is 1.81. The molecule has 0 unspecified atom stereocenters. The lowest BCUT2D eigenvalue weighted by atomic mass is 10.3. The summed E-state index contributed by atoms with van der Waals surface area (Å²) in [5.74, 6) is 0.450. The van der Waals surface area contributed by atoms with E-state index in [0.29, 0.717) is 22.2 Å². The molecule has 0 spiro atoms. The van der Waals surface area contributed by atoms with Crippen molar-refractivity contribution in [3.05, 3.63) is 40.3 Å². The lowest BCUT2D eigenvalue weighted by molar-refractivity contribution is 0.811. The van der Waals surface area contributed by atoms with E-state index in [4.69, 9.17) is 22.3 Å². The largest absolute Gasteiger partial charge is 0.308 e. The maximum absolute atomic E-state index is 8.79. The van der Waals surface area contributed by atoms with Gasteiger partial charge in [0.05, 0.1) is 0 Å². The zero-order valence-electron chi connectivity index (χ0n) is 8.98. The van der Waals surface area contributed by atoms with Crippen molar-refractivity contribution in [1.82, 2.24) is 14.8 Å². The maximum atomic E-state index is 8.79. The fourth-order valence-electron chi connectivity index (χ4n) is 1.46. The molecule has 84 valence electrons. The van der Waals surface area contributed by atoms with Gasteiger partial charge in [-0.05, 0) is 25.1 Å². The number of aryl methyl sites for hydroxylation is 1. The number of halogens is 1. The molecule has 2 heterocycles. The van der Waals surface area contributed by atoms with Gasteiger partial charge in [-0.25, -0.2) is 9.67 Å². The van der Waals surface area contributed by atoms with Gasteiger partial charge < -0.3 is 5.41 Å². The van der Waals surface area contributed by atoms with Crippen LogP contribution in [0.3, 0.4) is 0 Å². The van der Waals surface area contributed by atoms with Crippen LogP contribution in [0.25, 0.3) is 5.82 Å². The van der Waals surface area contributed by atoms with E-state index in [1.54, 1.807) is 18.2 Å². The van der Waals surface area contributed by atoms with Gasteiger partial charge in [0.25, 0.3) is 0 Å². The highest BCUT2D eigenvalue weighted by Crippen LogP contribution is 2.16. The summed E-state index contributed by atoms with van der Waals surface area (Å²) in [5, 5.41) is 20.5. The van der Waals surface area contributed by atoms with Crippen molar-refractivity contribution in [2.75, 3.05) is 0 Å². The average molecular weight is 246 g/mol. The number of rotatable bonds is 2. The summed E-state index contributed by atoms with van der Waals surface area (Å²) >= 11 is 5.82. The van der Waals surface area contributed by atoms with E-state index in [9.17, 15) is 0 Å². The predicted octanol–water partition coefficient (Wildman–Crippen LogP) is 2.10. The summed E-state index contributed by atoms with van der Waals surface area (Å²) in [6.07, 6.45) is 1.17. The molecule has 1 N–H and O–H groups in total. The van der Waals surface area contributed by atoms with Gasteiger partial charge in [-0.2, -0.15) is 10.4 Å². The molecule has 2 aromatic heterocycles. The Morgan fingerprint density at radius 2 is 2.29 bits per heavy atom. The van der Waals surface area contributed by atoms with Crippen LogP contribution >= 0.6 is 11.6 Å². The molecule has 0 fully saturated rings. The number of nitrogens with zero attached hydrogens (tertiary/aromatic N) is 4. The summed E-state index contributed by atoms with van der Waals surface area (Å²) in [7, 11) is 0. The molecule has 0 aliphatic carbocycles. The van der Waals surface area contributed by atoms with E-state index in [1.165, 1.54) is 10.9 Å². The highest BCUT2D eigenvalue weighted by molar-refractivity contribution is 6.29. The summed E-state index contributed by atoms with van der Waals surface area (Å²) in [4.78, 5) is 4.13. The third-order valence-electron chi connectivity index (χ3n) is 2.23. The Morgan fingerprint density at radius 1 is 1.53 bits per heavy atom. The van der Waals surface area contributed by atoms with Gasteiger partial charge >= 0.3 is 0 Å². The van der Waals surface area contributed by atoms with Gasteiger partial charge in [-0.15, -0.1) is 0 Å². The Labute approximate surface area is 103 Å². The van der Waals surface area contributed by atoms with Crippen LogP contribution in [0.2, 0.25) is 5.15 Å². The zero-order valence-corrected chi connectivity index (χ0v) is 9.73. The average Bonchev–Trinajstić information content (AvgIpc) is 2.70. The number of hydrogen-bond donors (Lipinski definition) is 1. The minimum absolute atomic E-state index is 0.306. The van der Waals surface area contributed by atoms with E-state index in [0.717, 1.165) is 5.69 Å². The van der Waals surface area contributed by atoms with E-state index >= 15 is 0 Å². The molecule has 0 aliphatic heterocycles. The Morgan fingerprint density at radius 3 is 2.88 bits per heavy atom. The normalized spacial score (nSPS) is 9.94. The Bertz CT molecular complexity index is 623. The van der Waals surface area contributed by atoms with Crippen LogP contribution in [0, 0.1) is 23.7 Å². The molecule has 0 aliphatic rings. The molecule has 2 rings (SSSR count). The van der Waals surface area contributed by atoms with Crippen molar-refractivity contribution in [2.24, 2.45) is 0 Å². The van der Waals surface area contributed by atoms with E-state index < -0.39 is 0 Å². The lowest BCUT2D eigenvalue weighted by Gasteiger charge is -2.06. The predicted molar refractivity (Wildman–Crippen MR) is 63.7 cm³/mol. The fraction of sp³-hybridized carbons (Fsp3) is 0.0909. The summed E-state index contributed by atoms with van der Waals surface area (Å²) in [5.41, 5.74) is 1.66. The standard InChI is InChI=1S/C11H8ClN5/c1-7-4-9(6-14)16-17(7)11-8(5-13)2-3-10(12)15-11/h2-5,13H,1H3. The summed E-state index contributed by atoms with van der Waals surface area (Å²) < 4.78 is 1.50. The number of nitriles is 1. The Hall–Kier alpha value is -2.19. The Kier molecular flexibility index (Phi) is 2.90. The third-order valence-corrected chi connectivity index (χ3v) is 2.44. The van der Waals surface area contributed by atoms with Crippen molar-refractivity contribution in [1.29, 1.82) is 10.7 Å². The van der Waals surface area contributed by atoms with Crippen molar-refractivity contribution >= 4 is 17.8 Å². The van der Waals surface area contributed by atoms with Gasteiger partial charge in [-0.1, -0.05) is 11.6 Å². The first-order valence-corrected chi connectivity index (χ1v) is 5.17.